The summed E-state index contributed by atoms with van der Waals surface area (Å²) in [5.74, 6) is 2.46. The summed E-state index contributed by atoms with van der Waals surface area (Å²) in [6.45, 7) is 3.62. The molecule has 0 radical (unpaired) electrons. The van der Waals surface area contributed by atoms with Gasteiger partial charge in [-0.2, -0.15) is 0 Å². The highest BCUT2D eigenvalue weighted by molar-refractivity contribution is 7.91. The molecule has 4 rings (SSSR count). The van der Waals surface area contributed by atoms with Crippen LogP contribution in [0.5, 0.6) is 17.4 Å². The fraction of sp³-hybridized carbons (Fsp3) is 0.400. The van der Waals surface area contributed by atoms with Gasteiger partial charge in [0.1, 0.15) is 6.61 Å². The van der Waals surface area contributed by atoms with Crippen molar-refractivity contribution >= 4 is 20.7 Å². The first kappa shape index (κ1) is 23.3. The van der Waals surface area contributed by atoms with E-state index in [1.165, 1.54) is 5.56 Å². The molecule has 0 aliphatic carbocycles. The van der Waals surface area contributed by atoms with Gasteiger partial charge in [0.2, 0.25) is 5.88 Å². The molecular formula is C25H30N2O5S. The zero-order valence-electron chi connectivity index (χ0n) is 19.3. The molecule has 0 saturated carbocycles. The number of aromatic nitrogens is 1. The summed E-state index contributed by atoms with van der Waals surface area (Å²) in [4.78, 5) is 4.77. The molecule has 176 valence electrons. The van der Waals surface area contributed by atoms with Crippen LogP contribution in [0.2, 0.25) is 0 Å². The van der Waals surface area contributed by atoms with Crippen molar-refractivity contribution in [2.24, 2.45) is 5.92 Å². The molecule has 1 atom stereocenters. The number of rotatable bonds is 9. The Morgan fingerprint density at radius 2 is 1.79 bits per heavy atom. The molecule has 1 fully saturated rings. The third-order valence-electron chi connectivity index (χ3n) is 5.93. The van der Waals surface area contributed by atoms with Gasteiger partial charge in [-0.25, -0.2) is 13.4 Å². The second kappa shape index (κ2) is 9.97. The number of methoxy groups -OCH3 is 2. The van der Waals surface area contributed by atoms with Crippen molar-refractivity contribution in [3.63, 3.8) is 0 Å². The Balaban J connectivity index is 1.57. The number of benzene rings is 2. The van der Waals surface area contributed by atoms with Crippen molar-refractivity contribution in [3.8, 4) is 17.4 Å². The number of sulfone groups is 1. The maximum Gasteiger partial charge on any atom is 0.218 e. The molecule has 0 spiro atoms. The first-order valence-electron chi connectivity index (χ1n) is 11.0. The highest BCUT2D eigenvalue weighted by Crippen LogP contribution is 2.34. The first-order chi connectivity index (χ1) is 15.9. The van der Waals surface area contributed by atoms with E-state index in [0.29, 0.717) is 43.5 Å². The Morgan fingerprint density at radius 1 is 1.06 bits per heavy atom. The van der Waals surface area contributed by atoms with Crippen LogP contribution in [0, 0.1) is 12.8 Å². The quantitative estimate of drug-likeness (QED) is 0.511. The lowest BCUT2D eigenvalue weighted by Crippen LogP contribution is -2.23. The minimum atomic E-state index is -2.89. The molecule has 1 aromatic heterocycles. The normalized spacial score (nSPS) is 17.2. The van der Waals surface area contributed by atoms with Crippen LogP contribution in [-0.2, 0) is 23.0 Å². The molecular weight excluding hydrogens is 440 g/mol. The third kappa shape index (κ3) is 5.75. The Kier molecular flexibility index (Phi) is 7.05. The van der Waals surface area contributed by atoms with Crippen LogP contribution in [0.1, 0.15) is 23.1 Å². The number of aryl methyl sites for hydroxylation is 1. The number of fused-ring (bicyclic) bond motifs is 1. The van der Waals surface area contributed by atoms with Gasteiger partial charge >= 0.3 is 0 Å². The Labute approximate surface area is 195 Å². The maximum absolute atomic E-state index is 11.7. The second-order valence-corrected chi connectivity index (χ2v) is 10.8. The average molecular weight is 471 g/mol. The molecule has 3 aromatic rings. The molecule has 1 aliphatic heterocycles. The molecule has 1 saturated heterocycles. The summed E-state index contributed by atoms with van der Waals surface area (Å²) >= 11 is 0. The third-order valence-corrected chi connectivity index (χ3v) is 7.77. The smallest absolute Gasteiger partial charge is 0.218 e. The molecule has 7 nitrogen and oxygen atoms in total. The number of hydrogen-bond acceptors (Lipinski definition) is 7. The zero-order chi connectivity index (χ0) is 23.4. The van der Waals surface area contributed by atoms with Crippen LogP contribution in [0.4, 0.5) is 0 Å². The maximum atomic E-state index is 11.7. The highest BCUT2D eigenvalue weighted by Gasteiger charge is 2.27. The fourth-order valence-corrected chi connectivity index (χ4v) is 5.92. The van der Waals surface area contributed by atoms with Gasteiger partial charge < -0.3 is 19.5 Å². The fourth-order valence-electron chi connectivity index (χ4n) is 4.06. The van der Waals surface area contributed by atoms with Crippen molar-refractivity contribution < 1.29 is 22.6 Å². The van der Waals surface area contributed by atoms with Gasteiger partial charge in [-0.3, -0.25) is 0 Å². The molecule has 33 heavy (non-hydrogen) atoms. The molecule has 0 unspecified atom stereocenters. The monoisotopic (exact) mass is 470 g/mol. The largest absolute Gasteiger partial charge is 0.493 e. The lowest BCUT2D eigenvalue weighted by molar-refractivity contribution is 0.290. The van der Waals surface area contributed by atoms with Gasteiger partial charge in [-0.05, 0) is 43.5 Å². The second-order valence-electron chi connectivity index (χ2n) is 8.53. The highest BCUT2D eigenvalue weighted by atomic mass is 32.2. The minimum Gasteiger partial charge on any atom is -0.493 e. The van der Waals surface area contributed by atoms with E-state index in [9.17, 15) is 8.42 Å². The average Bonchev–Trinajstić information content (AvgIpc) is 3.16. The van der Waals surface area contributed by atoms with Crippen molar-refractivity contribution in [2.75, 3.05) is 32.3 Å². The van der Waals surface area contributed by atoms with Crippen LogP contribution in [0.3, 0.4) is 0 Å². The van der Waals surface area contributed by atoms with Gasteiger partial charge in [0.15, 0.2) is 21.3 Å². The van der Waals surface area contributed by atoms with Gasteiger partial charge in [0, 0.05) is 23.6 Å². The van der Waals surface area contributed by atoms with Gasteiger partial charge in [0.05, 0.1) is 31.2 Å². The van der Waals surface area contributed by atoms with Crippen LogP contribution in [0.15, 0.2) is 42.5 Å². The summed E-state index contributed by atoms with van der Waals surface area (Å²) in [5, 5.41) is 4.32. The SMILES string of the molecule is COc1cc2cc(CNC[C@H]3CCS(=O)(=O)C3)c(OCc3ccc(C)cc3)nc2cc1OC. The van der Waals surface area contributed by atoms with E-state index in [4.69, 9.17) is 19.2 Å². The van der Waals surface area contributed by atoms with Gasteiger partial charge in [-0.15, -0.1) is 0 Å². The van der Waals surface area contributed by atoms with E-state index in [1.54, 1.807) is 14.2 Å². The Bertz CT molecular complexity index is 1230. The number of nitrogens with zero attached hydrogens (tertiary/aromatic N) is 1. The van der Waals surface area contributed by atoms with E-state index < -0.39 is 9.84 Å². The van der Waals surface area contributed by atoms with Crippen molar-refractivity contribution in [1.82, 2.24) is 10.3 Å². The van der Waals surface area contributed by atoms with Crippen molar-refractivity contribution in [1.29, 1.82) is 0 Å². The lowest BCUT2D eigenvalue weighted by atomic mass is 10.1. The Hall–Kier alpha value is -2.84. The van der Waals surface area contributed by atoms with E-state index in [2.05, 4.69) is 24.4 Å². The van der Waals surface area contributed by atoms with Gasteiger partial charge in [0.25, 0.3) is 0 Å². The number of pyridine rings is 1. The molecule has 1 aliphatic rings. The molecule has 0 bridgehead atoms. The summed E-state index contributed by atoms with van der Waals surface area (Å²) in [5.41, 5.74) is 3.91. The van der Waals surface area contributed by atoms with Crippen molar-refractivity contribution in [2.45, 2.75) is 26.5 Å². The van der Waals surface area contributed by atoms with Crippen LogP contribution in [-0.4, -0.2) is 45.7 Å². The summed E-state index contributed by atoms with van der Waals surface area (Å²) in [6.07, 6.45) is 0.707. The van der Waals surface area contributed by atoms with Crippen LogP contribution < -0.4 is 19.5 Å². The van der Waals surface area contributed by atoms with Crippen LogP contribution >= 0.6 is 0 Å². The summed E-state index contributed by atoms with van der Waals surface area (Å²) < 4.78 is 40.5. The molecule has 2 aromatic carbocycles. The van der Waals surface area contributed by atoms with E-state index >= 15 is 0 Å². The number of hydrogen-bond donors (Lipinski definition) is 1. The minimum absolute atomic E-state index is 0.143. The topological polar surface area (TPSA) is 86.8 Å². The predicted octanol–water partition coefficient (Wildman–Crippen LogP) is 3.66. The summed E-state index contributed by atoms with van der Waals surface area (Å²) in [7, 11) is 0.316. The molecule has 2 heterocycles. The molecule has 1 N–H and O–H groups in total. The van der Waals surface area contributed by atoms with Crippen LogP contribution in [0.25, 0.3) is 10.9 Å². The summed E-state index contributed by atoms with van der Waals surface area (Å²) in [6, 6.07) is 14.0. The van der Waals surface area contributed by atoms with Gasteiger partial charge in [-0.1, -0.05) is 29.8 Å². The zero-order valence-corrected chi connectivity index (χ0v) is 20.1. The first-order valence-corrected chi connectivity index (χ1v) is 12.8. The molecule has 0 amide bonds. The Morgan fingerprint density at radius 3 is 2.45 bits per heavy atom. The predicted molar refractivity (Wildman–Crippen MR) is 129 cm³/mol. The van der Waals surface area contributed by atoms with E-state index in [1.807, 2.05) is 30.3 Å². The standard InChI is InChI=1S/C25H30N2O5S/c1-17-4-6-18(7-5-17)15-32-25-21(14-26-13-19-8-9-33(28,29)16-19)10-20-11-23(30-2)24(31-3)12-22(20)27-25/h4-7,10-12,19,26H,8-9,13-16H2,1-3H3/t19-/m1/s1. The molecule has 8 heteroatoms. The lowest BCUT2D eigenvalue weighted by Gasteiger charge is -2.15. The number of ether oxygens (including phenoxy) is 3. The van der Waals surface area contributed by atoms with Crippen molar-refractivity contribution in [3.05, 3.63) is 59.2 Å². The van der Waals surface area contributed by atoms with E-state index in [0.717, 1.165) is 22.0 Å². The van der Waals surface area contributed by atoms with E-state index in [-0.39, 0.29) is 17.4 Å². The number of nitrogens with one attached hydrogen (secondary N) is 1.